The van der Waals surface area contributed by atoms with Crippen LogP contribution in [0.4, 0.5) is 0 Å². The molecule has 0 aliphatic heterocycles. The van der Waals surface area contributed by atoms with Gasteiger partial charge in [-0.2, -0.15) is 0 Å². The lowest BCUT2D eigenvalue weighted by Gasteiger charge is -2.19. The van der Waals surface area contributed by atoms with E-state index in [2.05, 4.69) is 12.2 Å². The van der Waals surface area contributed by atoms with Crippen molar-refractivity contribution >= 4 is 11.9 Å². The molecule has 0 saturated heterocycles. The normalized spacial score (nSPS) is 16.0. The first kappa shape index (κ1) is 21.5. The van der Waals surface area contributed by atoms with Crippen molar-refractivity contribution < 1.29 is 14.3 Å². The van der Waals surface area contributed by atoms with Crippen LogP contribution in [0.2, 0.25) is 0 Å². The molecule has 0 saturated carbocycles. The average molecular weight is 361 g/mol. The third kappa shape index (κ3) is 8.55. The summed E-state index contributed by atoms with van der Waals surface area (Å²) in [5, 5.41) is 2.56. The zero-order chi connectivity index (χ0) is 19.4. The summed E-state index contributed by atoms with van der Waals surface area (Å²) in [5.41, 5.74) is 13.2. The molecule has 0 aromatic heterocycles. The number of carbonyl (C=O) groups is 2. The highest BCUT2D eigenvalue weighted by molar-refractivity contribution is 5.88. The second-order valence-corrected chi connectivity index (χ2v) is 6.34. The summed E-state index contributed by atoms with van der Waals surface area (Å²) >= 11 is 0. The highest BCUT2D eigenvalue weighted by Gasteiger charge is 2.25. The Kier molecular flexibility index (Phi) is 9.90. The molecule has 0 spiro atoms. The first-order valence-corrected chi connectivity index (χ1v) is 9.20. The van der Waals surface area contributed by atoms with Gasteiger partial charge in [-0.3, -0.25) is 9.59 Å². The molecule has 0 aromatic carbocycles. The second kappa shape index (κ2) is 12.0. The number of hydrogen-bond donors (Lipinski definition) is 3. The molecular weight excluding hydrogens is 330 g/mol. The minimum Gasteiger partial charge on any atom is -0.447 e. The molecular formula is C20H31N3O3. The Balaban J connectivity index is 2.64. The Labute approximate surface area is 156 Å². The van der Waals surface area contributed by atoms with Crippen LogP contribution in [0.25, 0.3) is 0 Å². The molecule has 1 unspecified atom stereocenters. The summed E-state index contributed by atoms with van der Waals surface area (Å²) in [6.07, 6.45) is 14.9. The summed E-state index contributed by atoms with van der Waals surface area (Å²) in [6, 6.07) is 0. The maximum absolute atomic E-state index is 12.4. The number of nitrogens with one attached hydrogen (secondary N) is 1. The van der Waals surface area contributed by atoms with Crippen molar-refractivity contribution in [3.05, 3.63) is 47.5 Å². The van der Waals surface area contributed by atoms with E-state index in [1.54, 1.807) is 18.2 Å². The van der Waals surface area contributed by atoms with Gasteiger partial charge in [0.25, 0.3) is 5.91 Å². The van der Waals surface area contributed by atoms with Gasteiger partial charge >= 0.3 is 5.97 Å². The van der Waals surface area contributed by atoms with Crippen molar-refractivity contribution in [2.45, 2.75) is 64.9 Å². The number of rotatable bonds is 10. The van der Waals surface area contributed by atoms with Crippen molar-refractivity contribution in [3.8, 4) is 0 Å². The molecule has 6 heteroatoms. The maximum Gasteiger partial charge on any atom is 0.303 e. The van der Waals surface area contributed by atoms with Crippen molar-refractivity contribution in [1.82, 2.24) is 5.32 Å². The fourth-order valence-corrected chi connectivity index (χ4v) is 2.55. The predicted octanol–water partition coefficient (Wildman–Crippen LogP) is 2.92. The summed E-state index contributed by atoms with van der Waals surface area (Å²) in [4.78, 5) is 23.8. The summed E-state index contributed by atoms with van der Waals surface area (Å²) < 4.78 is 5.16. The van der Waals surface area contributed by atoms with Gasteiger partial charge in [0.2, 0.25) is 6.10 Å². The van der Waals surface area contributed by atoms with E-state index in [4.69, 9.17) is 16.2 Å². The summed E-state index contributed by atoms with van der Waals surface area (Å²) in [5.74, 6) is -0.852. The molecule has 6 nitrogen and oxygen atoms in total. The molecule has 0 aromatic rings. The van der Waals surface area contributed by atoms with Crippen LogP contribution >= 0.6 is 0 Å². The average Bonchev–Trinajstić information content (AvgIpc) is 2.62. The molecule has 1 amide bonds. The summed E-state index contributed by atoms with van der Waals surface area (Å²) in [7, 11) is 0. The van der Waals surface area contributed by atoms with Crippen LogP contribution in [0, 0.1) is 0 Å². The minimum absolute atomic E-state index is 0.157. The zero-order valence-electron chi connectivity index (χ0n) is 15.8. The smallest absolute Gasteiger partial charge is 0.303 e. The van der Waals surface area contributed by atoms with E-state index >= 15 is 0 Å². The molecule has 0 heterocycles. The highest BCUT2D eigenvalue weighted by Crippen LogP contribution is 2.17. The molecule has 26 heavy (non-hydrogen) atoms. The third-order valence-electron chi connectivity index (χ3n) is 3.91. The largest absolute Gasteiger partial charge is 0.447 e. The van der Waals surface area contributed by atoms with E-state index < -0.39 is 18.0 Å². The van der Waals surface area contributed by atoms with Crippen molar-refractivity contribution in [2.75, 3.05) is 0 Å². The number of unbranched alkanes of at least 4 members (excludes halogenated alkanes) is 3. The third-order valence-corrected chi connectivity index (χ3v) is 3.91. The van der Waals surface area contributed by atoms with Crippen LogP contribution in [-0.2, 0) is 14.3 Å². The fourth-order valence-electron chi connectivity index (χ4n) is 2.55. The van der Waals surface area contributed by atoms with Gasteiger partial charge in [-0.1, -0.05) is 44.4 Å². The maximum atomic E-state index is 12.4. The molecule has 5 N–H and O–H groups in total. The van der Waals surface area contributed by atoms with Crippen molar-refractivity contribution in [1.29, 1.82) is 0 Å². The monoisotopic (exact) mass is 361 g/mol. The molecule has 0 radical (unpaired) electrons. The Morgan fingerprint density at radius 1 is 1.23 bits per heavy atom. The molecule has 1 rings (SSSR count). The molecule has 0 bridgehead atoms. The van der Waals surface area contributed by atoms with E-state index in [1.807, 2.05) is 12.2 Å². The Bertz CT molecular complexity index is 603. The van der Waals surface area contributed by atoms with Crippen LogP contribution < -0.4 is 16.8 Å². The van der Waals surface area contributed by atoms with Gasteiger partial charge in [0.05, 0.1) is 0 Å². The van der Waals surface area contributed by atoms with Crippen molar-refractivity contribution in [2.24, 2.45) is 11.5 Å². The van der Waals surface area contributed by atoms with Gasteiger partial charge in [0, 0.05) is 12.6 Å². The standard InChI is InChI=1S/C20H31N3O3/c1-3-4-5-9-12-17(21)13-14-18(22)23-20(25)19(26-15(2)24)16-10-7-6-8-11-16/h7,10-11,13-14,19H,3-6,8-9,12,21-22H2,1-2H3,(H,23,25)/b17-13-,18-14+. The quantitative estimate of drug-likeness (QED) is 0.315. The van der Waals surface area contributed by atoms with Gasteiger partial charge < -0.3 is 21.5 Å². The fraction of sp³-hybridized carbons (Fsp3) is 0.500. The number of hydrogen-bond acceptors (Lipinski definition) is 5. The predicted molar refractivity (Wildman–Crippen MR) is 103 cm³/mol. The second-order valence-electron chi connectivity index (χ2n) is 6.34. The number of amides is 1. The number of esters is 1. The number of nitrogens with two attached hydrogens (primary N) is 2. The van der Waals surface area contributed by atoms with Gasteiger partial charge in [-0.15, -0.1) is 0 Å². The van der Waals surface area contributed by atoms with E-state index in [0.29, 0.717) is 11.3 Å². The van der Waals surface area contributed by atoms with Gasteiger partial charge in [0.15, 0.2) is 0 Å². The molecule has 1 atom stereocenters. The van der Waals surface area contributed by atoms with Crippen molar-refractivity contribution in [3.63, 3.8) is 0 Å². The molecule has 1 aliphatic rings. The lowest BCUT2D eigenvalue weighted by atomic mass is 10.0. The lowest BCUT2D eigenvalue weighted by molar-refractivity contribution is -0.151. The Morgan fingerprint density at radius 3 is 2.62 bits per heavy atom. The van der Waals surface area contributed by atoms with Gasteiger partial charge in [-0.25, -0.2) is 0 Å². The van der Waals surface area contributed by atoms with E-state index in [9.17, 15) is 9.59 Å². The van der Waals surface area contributed by atoms with E-state index in [0.717, 1.165) is 32.1 Å². The number of carbonyl (C=O) groups excluding carboxylic acids is 2. The number of allylic oxidation sites excluding steroid dienone is 5. The van der Waals surface area contributed by atoms with Crippen LogP contribution in [0.1, 0.15) is 58.8 Å². The first-order valence-electron chi connectivity index (χ1n) is 9.20. The van der Waals surface area contributed by atoms with Gasteiger partial charge in [-0.05, 0) is 43.4 Å². The summed E-state index contributed by atoms with van der Waals surface area (Å²) in [6.45, 7) is 3.43. The zero-order valence-corrected chi connectivity index (χ0v) is 15.8. The van der Waals surface area contributed by atoms with E-state index in [-0.39, 0.29) is 5.82 Å². The Morgan fingerprint density at radius 2 is 2.00 bits per heavy atom. The van der Waals surface area contributed by atoms with Crippen LogP contribution in [-0.4, -0.2) is 18.0 Å². The number of ether oxygens (including phenoxy) is 1. The van der Waals surface area contributed by atoms with Gasteiger partial charge in [0.1, 0.15) is 5.82 Å². The van der Waals surface area contributed by atoms with Crippen LogP contribution in [0.15, 0.2) is 47.5 Å². The van der Waals surface area contributed by atoms with E-state index in [1.165, 1.54) is 19.8 Å². The molecule has 1 aliphatic carbocycles. The van der Waals surface area contributed by atoms with Crippen LogP contribution in [0.3, 0.4) is 0 Å². The SMILES string of the molecule is CCCCCC/C(N)=C/C=C(\N)NC(=O)C(OC(C)=O)C1=CCCC=C1. The topological polar surface area (TPSA) is 107 Å². The molecule has 144 valence electrons. The minimum atomic E-state index is -1.01. The lowest BCUT2D eigenvalue weighted by Crippen LogP contribution is -2.40. The molecule has 0 fully saturated rings. The van der Waals surface area contributed by atoms with Crippen LogP contribution in [0.5, 0.6) is 0 Å². The first-order chi connectivity index (χ1) is 12.4. The highest BCUT2D eigenvalue weighted by atomic mass is 16.5. The Hall–Kier alpha value is -2.50.